The van der Waals surface area contributed by atoms with Gasteiger partial charge in [0.1, 0.15) is 6.33 Å². The zero-order valence-electron chi connectivity index (χ0n) is 7.19. The first-order valence-corrected chi connectivity index (χ1v) is 5.04. The van der Waals surface area contributed by atoms with Gasteiger partial charge in [-0.15, -0.1) is 0 Å². The third-order valence-electron chi connectivity index (χ3n) is 1.86. The first kappa shape index (κ1) is 8.86. The fraction of sp³-hybridized carbons (Fsp3) is 0.714. The molecule has 5 nitrogen and oxygen atoms in total. The molecule has 0 bridgehead atoms. The molecule has 2 N–H and O–H groups in total. The molecule has 6 heteroatoms. The fourth-order valence-electron chi connectivity index (χ4n) is 1.21. The minimum Gasteiger partial charge on any atom is -0.378 e. The minimum atomic E-state index is 0.387. The van der Waals surface area contributed by atoms with Crippen LogP contribution >= 0.6 is 11.5 Å². The van der Waals surface area contributed by atoms with Gasteiger partial charge >= 0.3 is 0 Å². The second-order valence-corrected chi connectivity index (χ2v) is 3.63. The number of nitrogens with one attached hydrogen (secondary N) is 2. The van der Waals surface area contributed by atoms with Crippen molar-refractivity contribution < 1.29 is 4.74 Å². The largest absolute Gasteiger partial charge is 0.378 e. The van der Waals surface area contributed by atoms with Crippen LogP contribution in [0.5, 0.6) is 0 Å². The summed E-state index contributed by atoms with van der Waals surface area (Å²) in [5.74, 6) is 0. The maximum Gasteiger partial charge on any atom is 0.202 e. The van der Waals surface area contributed by atoms with E-state index in [9.17, 15) is 0 Å². The Morgan fingerprint density at radius 2 is 2.77 bits per heavy atom. The summed E-state index contributed by atoms with van der Waals surface area (Å²) in [4.78, 5) is 4.03. The number of morpholine rings is 1. The summed E-state index contributed by atoms with van der Waals surface area (Å²) < 4.78 is 9.22. The normalized spacial score (nSPS) is 22.9. The van der Waals surface area contributed by atoms with Crippen molar-refractivity contribution in [2.45, 2.75) is 6.04 Å². The monoisotopic (exact) mass is 200 g/mol. The molecule has 1 aromatic rings. The molecule has 2 heterocycles. The highest BCUT2D eigenvalue weighted by molar-refractivity contribution is 7.09. The van der Waals surface area contributed by atoms with Crippen molar-refractivity contribution in [1.29, 1.82) is 0 Å². The van der Waals surface area contributed by atoms with E-state index in [4.69, 9.17) is 4.74 Å². The van der Waals surface area contributed by atoms with E-state index < -0.39 is 0 Å². The lowest BCUT2D eigenvalue weighted by atomic mass is 10.3. The molecule has 1 saturated heterocycles. The van der Waals surface area contributed by atoms with Crippen molar-refractivity contribution in [3.8, 4) is 0 Å². The van der Waals surface area contributed by atoms with Gasteiger partial charge in [0, 0.05) is 30.7 Å². The molecule has 0 saturated carbocycles. The second kappa shape index (κ2) is 4.50. The highest BCUT2D eigenvalue weighted by atomic mass is 32.1. The summed E-state index contributed by atoms with van der Waals surface area (Å²) in [6, 6.07) is 0.387. The minimum absolute atomic E-state index is 0.387. The van der Waals surface area contributed by atoms with E-state index in [1.807, 2.05) is 0 Å². The first-order valence-electron chi connectivity index (χ1n) is 4.27. The maximum atomic E-state index is 5.32. The Balaban J connectivity index is 1.72. The summed E-state index contributed by atoms with van der Waals surface area (Å²) in [7, 11) is 0. The molecule has 1 aromatic heterocycles. The highest BCUT2D eigenvalue weighted by Crippen LogP contribution is 2.06. The second-order valence-electron chi connectivity index (χ2n) is 2.85. The average Bonchev–Trinajstić information content (AvgIpc) is 2.69. The van der Waals surface area contributed by atoms with Gasteiger partial charge in [0.05, 0.1) is 13.2 Å². The van der Waals surface area contributed by atoms with Crippen LogP contribution in [0.15, 0.2) is 6.33 Å². The Morgan fingerprint density at radius 3 is 3.46 bits per heavy atom. The lowest BCUT2D eigenvalue weighted by Gasteiger charge is -2.23. The van der Waals surface area contributed by atoms with E-state index in [1.54, 1.807) is 6.33 Å². The number of aromatic nitrogens is 2. The Kier molecular flexibility index (Phi) is 3.07. The van der Waals surface area contributed by atoms with E-state index in [2.05, 4.69) is 20.0 Å². The summed E-state index contributed by atoms with van der Waals surface area (Å²) in [6.07, 6.45) is 1.55. The lowest BCUT2D eigenvalue weighted by Crippen LogP contribution is -2.45. The third kappa shape index (κ3) is 2.61. The van der Waals surface area contributed by atoms with E-state index >= 15 is 0 Å². The van der Waals surface area contributed by atoms with Crippen LogP contribution in [-0.4, -0.2) is 41.7 Å². The van der Waals surface area contributed by atoms with Gasteiger partial charge in [-0.3, -0.25) is 0 Å². The van der Waals surface area contributed by atoms with Gasteiger partial charge in [0.25, 0.3) is 0 Å². The number of anilines is 1. The van der Waals surface area contributed by atoms with Crippen molar-refractivity contribution in [3.63, 3.8) is 0 Å². The van der Waals surface area contributed by atoms with Crippen molar-refractivity contribution in [2.24, 2.45) is 0 Å². The van der Waals surface area contributed by atoms with Crippen LogP contribution in [0.25, 0.3) is 0 Å². The Bertz CT molecular complexity index is 235. The molecule has 0 spiro atoms. The van der Waals surface area contributed by atoms with Gasteiger partial charge in [0.15, 0.2) is 0 Å². The number of hydrogen-bond acceptors (Lipinski definition) is 6. The number of nitrogens with zero attached hydrogens (tertiary/aromatic N) is 2. The SMILES string of the molecule is c1nsc(NCC2COCCN2)n1. The van der Waals surface area contributed by atoms with Gasteiger partial charge in [0.2, 0.25) is 5.13 Å². The van der Waals surface area contributed by atoms with Crippen molar-refractivity contribution in [2.75, 3.05) is 31.6 Å². The fourth-order valence-corrected chi connectivity index (χ4v) is 1.65. The van der Waals surface area contributed by atoms with E-state index in [0.29, 0.717) is 6.04 Å². The maximum absolute atomic E-state index is 5.32. The summed E-state index contributed by atoms with van der Waals surface area (Å²) in [5.41, 5.74) is 0. The number of ether oxygens (including phenoxy) is 1. The average molecular weight is 200 g/mol. The van der Waals surface area contributed by atoms with Crippen LogP contribution in [0.2, 0.25) is 0 Å². The molecule has 0 aliphatic carbocycles. The molecule has 13 heavy (non-hydrogen) atoms. The standard InChI is InChI=1S/C7H12N4OS/c1-2-12-4-6(8-1)3-9-7-10-5-11-13-7/h5-6,8H,1-4H2,(H,9,10,11). The molecule has 1 aliphatic rings. The molecule has 2 rings (SSSR count). The summed E-state index contributed by atoms with van der Waals surface area (Å²) >= 11 is 1.37. The molecule has 0 amide bonds. The Morgan fingerprint density at radius 1 is 1.77 bits per heavy atom. The summed E-state index contributed by atoms with van der Waals surface area (Å²) in [5, 5.41) is 7.42. The van der Waals surface area contributed by atoms with Crippen LogP contribution in [0.4, 0.5) is 5.13 Å². The van der Waals surface area contributed by atoms with Gasteiger partial charge in [-0.05, 0) is 0 Å². The molecule has 72 valence electrons. The third-order valence-corrected chi connectivity index (χ3v) is 2.48. The van der Waals surface area contributed by atoms with Crippen molar-refractivity contribution in [1.82, 2.24) is 14.7 Å². The molecule has 1 aliphatic heterocycles. The topological polar surface area (TPSA) is 59.1 Å². The molecular weight excluding hydrogens is 188 g/mol. The highest BCUT2D eigenvalue weighted by Gasteiger charge is 2.12. The molecule has 0 aromatic carbocycles. The van der Waals surface area contributed by atoms with E-state index in [-0.39, 0.29) is 0 Å². The Hall–Kier alpha value is -0.720. The molecule has 0 radical (unpaired) electrons. The molecule has 1 unspecified atom stereocenters. The zero-order valence-corrected chi connectivity index (χ0v) is 8.01. The zero-order chi connectivity index (χ0) is 8.93. The van der Waals surface area contributed by atoms with Crippen LogP contribution < -0.4 is 10.6 Å². The molecular formula is C7H12N4OS. The van der Waals surface area contributed by atoms with Crippen LogP contribution in [0.1, 0.15) is 0 Å². The smallest absolute Gasteiger partial charge is 0.202 e. The number of hydrogen-bond donors (Lipinski definition) is 2. The van der Waals surface area contributed by atoms with Gasteiger partial charge in [-0.25, -0.2) is 4.98 Å². The van der Waals surface area contributed by atoms with Gasteiger partial charge < -0.3 is 15.4 Å². The van der Waals surface area contributed by atoms with Gasteiger partial charge in [-0.1, -0.05) is 0 Å². The predicted molar refractivity (Wildman–Crippen MR) is 51.0 cm³/mol. The first-order chi connectivity index (χ1) is 6.45. The van der Waals surface area contributed by atoms with Crippen LogP contribution in [0, 0.1) is 0 Å². The number of rotatable bonds is 3. The lowest BCUT2D eigenvalue weighted by molar-refractivity contribution is 0.0806. The Labute approximate surface area is 80.7 Å². The van der Waals surface area contributed by atoms with E-state index in [1.165, 1.54) is 11.5 Å². The molecule has 1 fully saturated rings. The van der Waals surface area contributed by atoms with Crippen molar-refractivity contribution in [3.05, 3.63) is 6.33 Å². The quantitative estimate of drug-likeness (QED) is 0.715. The molecule has 1 atom stereocenters. The van der Waals surface area contributed by atoms with Crippen LogP contribution in [-0.2, 0) is 4.74 Å². The van der Waals surface area contributed by atoms with Gasteiger partial charge in [-0.2, -0.15) is 4.37 Å². The van der Waals surface area contributed by atoms with Crippen molar-refractivity contribution >= 4 is 16.7 Å². The van der Waals surface area contributed by atoms with Crippen LogP contribution in [0.3, 0.4) is 0 Å². The summed E-state index contributed by atoms with van der Waals surface area (Å²) in [6.45, 7) is 3.36. The van der Waals surface area contributed by atoms with E-state index in [0.717, 1.165) is 31.4 Å². The predicted octanol–water partition coefficient (Wildman–Crippen LogP) is -0.0616.